The Morgan fingerprint density at radius 2 is 1.85 bits per heavy atom. The van der Waals surface area contributed by atoms with Gasteiger partial charge < -0.3 is 5.32 Å². The summed E-state index contributed by atoms with van der Waals surface area (Å²) in [6.45, 7) is 2.20. The lowest BCUT2D eigenvalue weighted by atomic mass is 10.1. The van der Waals surface area contributed by atoms with Crippen LogP contribution in [0.4, 0.5) is 27.6 Å². The van der Waals surface area contributed by atoms with E-state index in [9.17, 15) is 22.0 Å². The van der Waals surface area contributed by atoms with Gasteiger partial charge in [-0.25, -0.2) is 26.9 Å². The first-order chi connectivity index (χ1) is 9.45. The van der Waals surface area contributed by atoms with Gasteiger partial charge >= 0.3 is 0 Å². The molecule has 0 amide bonds. The van der Waals surface area contributed by atoms with Gasteiger partial charge in [0.25, 0.3) is 6.43 Å². The standard InChI is InChI=1S/C13H11F5N2/c1-2-3-19-8-5-9(13(17)18)20-12-10(8)6(14)4-7(15)11(12)16/h4-5,13H,2-3H2,1H3,(H,19,20). The third-order valence-corrected chi connectivity index (χ3v) is 2.74. The van der Waals surface area contributed by atoms with E-state index in [1.165, 1.54) is 0 Å². The van der Waals surface area contributed by atoms with Crippen LogP contribution in [0.3, 0.4) is 0 Å². The molecular formula is C13H11F5N2. The van der Waals surface area contributed by atoms with Crippen molar-refractivity contribution in [1.29, 1.82) is 0 Å². The molecule has 20 heavy (non-hydrogen) atoms. The number of rotatable bonds is 4. The van der Waals surface area contributed by atoms with Gasteiger partial charge in [-0.05, 0) is 12.5 Å². The molecule has 0 spiro atoms. The molecule has 7 heteroatoms. The zero-order chi connectivity index (χ0) is 14.9. The molecule has 0 aliphatic carbocycles. The molecule has 0 aliphatic rings. The normalized spacial score (nSPS) is 11.3. The maximum atomic E-state index is 13.8. The van der Waals surface area contributed by atoms with Crippen LogP contribution in [-0.4, -0.2) is 11.5 Å². The first kappa shape index (κ1) is 14.5. The largest absolute Gasteiger partial charge is 0.384 e. The molecule has 0 unspecified atom stereocenters. The molecule has 0 aliphatic heterocycles. The van der Waals surface area contributed by atoms with Crippen LogP contribution >= 0.6 is 0 Å². The van der Waals surface area contributed by atoms with Crippen molar-refractivity contribution in [3.8, 4) is 0 Å². The van der Waals surface area contributed by atoms with Crippen LogP contribution in [0.2, 0.25) is 0 Å². The van der Waals surface area contributed by atoms with Gasteiger partial charge in [0.2, 0.25) is 0 Å². The Balaban J connectivity index is 2.77. The molecule has 1 aromatic heterocycles. The molecule has 2 rings (SSSR count). The van der Waals surface area contributed by atoms with Gasteiger partial charge in [-0.3, -0.25) is 0 Å². The summed E-state index contributed by atoms with van der Waals surface area (Å²) in [5, 5.41) is 2.39. The first-order valence-corrected chi connectivity index (χ1v) is 5.95. The van der Waals surface area contributed by atoms with Crippen LogP contribution < -0.4 is 5.32 Å². The molecule has 108 valence electrons. The first-order valence-electron chi connectivity index (χ1n) is 5.95. The van der Waals surface area contributed by atoms with Crippen LogP contribution in [0, 0.1) is 17.5 Å². The number of nitrogens with one attached hydrogen (secondary N) is 1. The van der Waals surface area contributed by atoms with Crippen molar-refractivity contribution in [1.82, 2.24) is 4.98 Å². The van der Waals surface area contributed by atoms with Gasteiger partial charge in [0.15, 0.2) is 11.6 Å². The number of nitrogens with zero attached hydrogens (tertiary/aromatic N) is 1. The van der Waals surface area contributed by atoms with Crippen molar-refractivity contribution >= 4 is 16.6 Å². The van der Waals surface area contributed by atoms with Gasteiger partial charge in [-0.15, -0.1) is 0 Å². The zero-order valence-electron chi connectivity index (χ0n) is 10.5. The average molecular weight is 290 g/mol. The number of halogens is 5. The molecule has 2 aromatic rings. The van der Waals surface area contributed by atoms with Crippen molar-refractivity contribution in [2.45, 2.75) is 19.8 Å². The smallest absolute Gasteiger partial charge is 0.280 e. The van der Waals surface area contributed by atoms with E-state index in [-0.39, 0.29) is 11.1 Å². The lowest BCUT2D eigenvalue weighted by Crippen LogP contribution is -2.05. The minimum Gasteiger partial charge on any atom is -0.384 e. The van der Waals surface area contributed by atoms with E-state index >= 15 is 0 Å². The molecule has 1 heterocycles. The van der Waals surface area contributed by atoms with E-state index in [0.29, 0.717) is 19.0 Å². The van der Waals surface area contributed by atoms with Gasteiger partial charge in [0.05, 0.1) is 5.39 Å². The minimum absolute atomic E-state index is 0.0245. The van der Waals surface area contributed by atoms with Crippen molar-refractivity contribution in [3.05, 3.63) is 35.3 Å². The van der Waals surface area contributed by atoms with Crippen molar-refractivity contribution in [3.63, 3.8) is 0 Å². The molecular weight excluding hydrogens is 279 g/mol. The average Bonchev–Trinajstić information content (AvgIpc) is 2.41. The van der Waals surface area contributed by atoms with Crippen LogP contribution in [0.15, 0.2) is 12.1 Å². The van der Waals surface area contributed by atoms with E-state index < -0.39 is 35.1 Å². The second kappa shape index (κ2) is 5.60. The number of hydrogen-bond acceptors (Lipinski definition) is 2. The summed E-state index contributed by atoms with van der Waals surface area (Å²) >= 11 is 0. The van der Waals surface area contributed by atoms with Crippen molar-refractivity contribution < 1.29 is 22.0 Å². The summed E-state index contributed by atoms with van der Waals surface area (Å²) in [4.78, 5) is 3.32. The highest BCUT2D eigenvalue weighted by Gasteiger charge is 2.20. The van der Waals surface area contributed by atoms with Gasteiger partial charge in [-0.1, -0.05) is 6.92 Å². The van der Waals surface area contributed by atoms with Crippen LogP contribution in [0.25, 0.3) is 10.9 Å². The van der Waals surface area contributed by atoms with Crippen LogP contribution in [-0.2, 0) is 0 Å². The molecule has 2 nitrogen and oxygen atoms in total. The number of benzene rings is 1. The molecule has 0 radical (unpaired) electrons. The Hall–Kier alpha value is -1.92. The van der Waals surface area contributed by atoms with Gasteiger partial charge in [-0.2, -0.15) is 0 Å². The van der Waals surface area contributed by atoms with E-state index in [1.807, 2.05) is 6.92 Å². The number of aromatic nitrogens is 1. The topological polar surface area (TPSA) is 24.9 Å². The SMILES string of the molecule is CCCNc1cc(C(F)F)nc2c(F)c(F)cc(F)c12. The maximum absolute atomic E-state index is 13.8. The van der Waals surface area contributed by atoms with Crippen molar-refractivity contribution in [2.75, 3.05) is 11.9 Å². The summed E-state index contributed by atoms with van der Waals surface area (Å²) < 4.78 is 66.0. The molecule has 0 atom stereocenters. The molecule has 0 bridgehead atoms. The number of anilines is 1. The number of alkyl halides is 2. The molecule has 0 saturated heterocycles. The highest BCUT2D eigenvalue weighted by Crippen LogP contribution is 2.32. The van der Waals surface area contributed by atoms with E-state index in [1.54, 1.807) is 0 Å². The molecule has 1 aromatic carbocycles. The Morgan fingerprint density at radius 1 is 1.15 bits per heavy atom. The third kappa shape index (κ3) is 2.52. The Kier molecular flexibility index (Phi) is 4.06. The Bertz CT molecular complexity index is 642. The van der Waals surface area contributed by atoms with E-state index in [4.69, 9.17) is 0 Å². The fourth-order valence-corrected chi connectivity index (χ4v) is 1.84. The van der Waals surface area contributed by atoms with Crippen LogP contribution in [0.5, 0.6) is 0 Å². The predicted molar refractivity (Wildman–Crippen MR) is 65.4 cm³/mol. The molecule has 0 fully saturated rings. The van der Waals surface area contributed by atoms with Gasteiger partial charge in [0.1, 0.15) is 17.0 Å². The zero-order valence-corrected chi connectivity index (χ0v) is 10.5. The monoisotopic (exact) mass is 290 g/mol. The van der Waals surface area contributed by atoms with E-state index in [2.05, 4.69) is 10.3 Å². The Morgan fingerprint density at radius 3 is 2.45 bits per heavy atom. The Labute approximate surface area is 111 Å². The lowest BCUT2D eigenvalue weighted by Gasteiger charge is -2.12. The summed E-state index contributed by atoms with van der Waals surface area (Å²) in [7, 11) is 0. The van der Waals surface area contributed by atoms with Gasteiger partial charge in [0, 0.05) is 18.3 Å². The summed E-state index contributed by atoms with van der Waals surface area (Å²) in [5.41, 5.74) is -1.50. The van der Waals surface area contributed by atoms with E-state index in [0.717, 1.165) is 6.07 Å². The second-order valence-corrected chi connectivity index (χ2v) is 4.20. The third-order valence-electron chi connectivity index (χ3n) is 2.74. The quantitative estimate of drug-likeness (QED) is 0.666. The number of hydrogen-bond donors (Lipinski definition) is 1. The molecule has 0 saturated carbocycles. The number of fused-ring (bicyclic) bond motifs is 1. The fourth-order valence-electron chi connectivity index (χ4n) is 1.84. The molecule has 1 N–H and O–H groups in total. The predicted octanol–water partition coefficient (Wildman–Crippen LogP) is 4.41. The second-order valence-electron chi connectivity index (χ2n) is 4.20. The summed E-state index contributed by atoms with van der Waals surface area (Å²) in [6, 6.07) is 1.32. The lowest BCUT2D eigenvalue weighted by molar-refractivity contribution is 0.146. The highest BCUT2D eigenvalue weighted by atomic mass is 19.3. The highest BCUT2D eigenvalue weighted by molar-refractivity contribution is 5.92. The number of pyridine rings is 1. The van der Waals surface area contributed by atoms with Crippen molar-refractivity contribution in [2.24, 2.45) is 0 Å². The minimum atomic E-state index is -2.97. The summed E-state index contributed by atoms with van der Waals surface area (Å²) in [5.74, 6) is -3.95. The van der Waals surface area contributed by atoms with Crippen LogP contribution in [0.1, 0.15) is 25.5 Å². The maximum Gasteiger partial charge on any atom is 0.280 e. The summed E-state index contributed by atoms with van der Waals surface area (Å²) in [6.07, 6.45) is -2.31. The fraction of sp³-hybridized carbons (Fsp3) is 0.308.